The highest BCUT2D eigenvalue weighted by Crippen LogP contribution is 2.25. The number of nitrogens with zero attached hydrogens (tertiary/aromatic N) is 1. The van der Waals surface area contributed by atoms with Crippen LogP contribution in [-0.4, -0.2) is 11.7 Å². The van der Waals surface area contributed by atoms with Crippen molar-refractivity contribution in [1.82, 2.24) is 0 Å². The van der Waals surface area contributed by atoms with Crippen LogP contribution in [0.1, 0.15) is 0 Å². The lowest BCUT2D eigenvalue weighted by Gasteiger charge is -2.16. The second-order valence-electron chi connectivity index (χ2n) is 2.87. The Morgan fingerprint density at radius 3 is 2.87 bits per heavy atom. The van der Waals surface area contributed by atoms with Crippen LogP contribution in [0.5, 0.6) is 0 Å². The molecule has 4 nitrogen and oxygen atoms in total. The molecule has 0 aromatic heterocycles. The normalized spacial score (nSPS) is 11.6. The van der Waals surface area contributed by atoms with Crippen LogP contribution in [0.15, 0.2) is 34.6 Å². The molecule has 1 aromatic rings. The molecule has 0 unspecified atom stereocenters. The zero-order valence-corrected chi connectivity index (χ0v) is 9.41. The molecule has 0 spiro atoms. The molecule has 0 saturated carbocycles. The number of hydrogen-bond acceptors (Lipinski definition) is 4. The largest absolute Gasteiger partial charge is 0.399 e. The Morgan fingerprint density at radius 2 is 2.27 bits per heavy atom. The van der Waals surface area contributed by atoms with Gasteiger partial charge in [0.15, 0.2) is 0 Å². The molecule has 0 radical (unpaired) electrons. The molecular weight excluding hydrogens is 265 g/mol. The van der Waals surface area contributed by atoms with Gasteiger partial charge in [0, 0.05) is 16.7 Å². The van der Waals surface area contributed by atoms with Gasteiger partial charge >= 0.3 is 0 Å². The fraction of sp³-hybridized carbons (Fsp3) is 0.111. The minimum Gasteiger partial charge on any atom is -0.399 e. The third kappa shape index (κ3) is 3.19. The summed E-state index contributed by atoms with van der Waals surface area (Å²) in [4.78, 5) is 0. The minimum absolute atomic E-state index is 0.189. The summed E-state index contributed by atoms with van der Waals surface area (Å²) in [5, 5.41) is 9.83. The summed E-state index contributed by atoms with van der Waals surface area (Å²) in [5.41, 5.74) is 5.99. The van der Waals surface area contributed by atoms with E-state index in [0.717, 1.165) is 5.01 Å². The van der Waals surface area contributed by atoms with Crippen molar-refractivity contribution in [2.45, 2.75) is 0 Å². The van der Waals surface area contributed by atoms with Crippen molar-refractivity contribution in [2.75, 3.05) is 11.6 Å². The Hall–Kier alpha value is -1.11. The van der Waals surface area contributed by atoms with Gasteiger partial charge in [-0.05, 0) is 28.1 Å². The van der Waals surface area contributed by atoms with Gasteiger partial charge in [0.1, 0.15) is 5.82 Å². The molecule has 0 aliphatic carbocycles. The van der Waals surface area contributed by atoms with Crippen molar-refractivity contribution >= 4 is 21.6 Å². The van der Waals surface area contributed by atoms with Gasteiger partial charge in [0.05, 0.1) is 18.0 Å². The first-order chi connectivity index (χ1) is 7.04. The van der Waals surface area contributed by atoms with Crippen LogP contribution in [0.25, 0.3) is 0 Å². The molecule has 1 rings (SSSR count). The quantitative estimate of drug-likeness (QED) is 0.570. The summed E-state index contributed by atoms with van der Waals surface area (Å²) in [6.07, 6.45) is 1.32. The lowest BCUT2D eigenvalue weighted by molar-refractivity contribution is 0.329. The Labute approximate surface area is 95.1 Å². The molecule has 1 aromatic carbocycles. The number of hydrogen-bond donors (Lipinski definition) is 3. The number of benzene rings is 1. The van der Waals surface area contributed by atoms with E-state index in [0.29, 0.717) is 10.2 Å². The summed E-state index contributed by atoms with van der Waals surface area (Å²) in [5.74, 6) is 5.21. The van der Waals surface area contributed by atoms with Crippen LogP contribution in [0.3, 0.4) is 0 Å². The first-order valence-electron chi connectivity index (χ1n) is 4.10. The maximum atomic E-state index is 12.9. The molecular formula is C9H11BrFN3O. The third-order valence-corrected chi connectivity index (χ3v) is 2.34. The van der Waals surface area contributed by atoms with Gasteiger partial charge in [-0.15, -0.1) is 0 Å². The van der Waals surface area contributed by atoms with E-state index in [1.54, 1.807) is 0 Å². The maximum Gasteiger partial charge on any atom is 0.125 e. The average molecular weight is 276 g/mol. The molecule has 0 aliphatic heterocycles. The molecule has 0 bridgehead atoms. The summed E-state index contributed by atoms with van der Waals surface area (Å²) in [6.45, 7) is -0.305. The van der Waals surface area contributed by atoms with Crippen molar-refractivity contribution in [1.29, 1.82) is 0 Å². The Balaban J connectivity index is 3.00. The van der Waals surface area contributed by atoms with Crippen LogP contribution in [0.2, 0.25) is 0 Å². The highest BCUT2D eigenvalue weighted by atomic mass is 79.9. The standard InChI is InChI=1S/C9H11BrFN3O/c10-8-2-1-6(11)3-9(8)14(13)4-7(12)5-15/h1-4,15H,5,12-13H2/b7-4-. The van der Waals surface area contributed by atoms with Gasteiger partial charge in [-0.1, -0.05) is 0 Å². The smallest absolute Gasteiger partial charge is 0.125 e. The summed E-state index contributed by atoms with van der Waals surface area (Å²) in [6, 6.07) is 4.10. The highest BCUT2D eigenvalue weighted by Gasteiger charge is 2.06. The molecule has 0 aliphatic rings. The number of rotatable bonds is 3. The summed E-state index contributed by atoms with van der Waals surface area (Å²) in [7, 11) is 0. The van der Waals surface area contributed by atoms with E-state index in [1.165, 1.54) is 24.4 Å². The molecule has 15 heavy (non-hydrogen) atoms. The van der Waals surface area contributed by atoms with E-state index >= 15 is 0 Å². The van der Waals surface area contributed by atoms with Crippen LogP contribution in [0, 0.1) is 5.82 Å². The van der Waals surface area contributed by atoms with Gasteiger partial charge in [-0.2, -0.15) is 0 Å². The molecule has 82 valence electrons. The molecule has 0 fully saturated rings. The van der Waals surface area contributed by atoms with Crippen molar-refractivity contribution in [3.05, 3.63) is 40.4 Å². The van der Waals surface area contributed by atoms with Gasteiger partial charge in [0.25, 0.3) is 0 Å². The van der Waals surface area contributed by atoms with Crippen LogP contribution in [0.4, 0.5) is 10.1 Å². The van der Waals surface area contributed by atoms with Crippen LogP contribution >= 0.6 is 15.9 Å². The number of nitrogens with two attached hydrogens (primary N) is 2. The number of anilines is 1. The number of halogens is 2. The Bertz CT molecular complexity index is 384. The SMILES string of the molecule is N/C(=C\N(N)c1cc(F)ccc1Br)CO. The zero-order valence-electron chi connectivity index (χ0n) is 7.82. The van der Waals surface area contributed by atoms with E-state index in [4.69, 9.17) is 16.7 Å². The zero-order chi connectivity index (χ0) is 11.4. The lowest BCUT2D eigenvalue weighted by atomic mass is 10.3. The first-order valence-corrected chi connectivity index (χ1v) is 4.90. The minimum atomic E-state index is -0.403. The van der Waals surface area contributed by atoms with Crippen LogP contribution < -0.4 is 16.6 Å². The molecule has 0 amide bonds. The first kappa shape index (κ1) is 12.0. The predicted octanol–water partition coefficient (Wildman–Crippen LogP) is 1.06. The van der Waals surface area contributed by atoms with Gasteiger partial charge in [-0.3, -0.25) is 5.01 Å². The number of aliphatic hydroxyl groups excluding tert-OH is 1. The molecule has 0 heterocycles. The fourth-order valence-electron chi connectivity index (χ4n) is 0.973. The van der Waals surface area contributed by atoms with E-state index < -0.39 is 5.82 Å². The molecule has 0 saturated heterocycles. The van der Waals surface area contributed by atoms with E-state index in [9.17, 15) is 4.39 Å². The Morgan fingerprint density at radius 1 is 1.60 bits per heavy atom. The number of aliphatic hydroxyl groups is 1. The van der Waals surface area contributed by atoms with Crippen molar-refractivity contribution in [2.24, 2.45) is 11.6 Å². The number of hydrazine groups is 1. The average Bonchev–Trinajstić information content (AvgIpc) is 2.21. The Kier molecular flexibility index (Phi) is 4.07. The molecule has 6 heteroatoms. The van der Waals surface area contributed by atoms with Gasteiger partial charge in [-0.25, -0.2) is 10.2 Å². The summed E-state index contributed by atoms with van der Waals surface area (Å²) >= 11 is 3.22. The second-order valence-corrected chi connectivity index (χ2v) is 3.72. The maximum absolute atomic E-state index is 12.9. The van der Waals surface area contributed by atoms with Gasteiger partial charge in [0.2, 0.25) is 0 Å². The van der Waals surface area contributed by atoms with E-state index in [2.05, 4.69) is 15.9 Å². The molecule has 0 atom stereocenters. The topological polar surface area (TPSA) is 75.5 Å². The van der Waals surface area contributed by atoms with Crippen LogP contribution in [-0.2, 0) is 0 Å². The predicted molar refractivity (Wildman–Crippen MR) is 60.1 cm³/mol. The van der Waals surface area contributed by atoms with E-state index in [1.807, 2.05) is 0 Å². The van der Waals surface area contributed by atoms with Crippen molar-refractivity contribution in [3.63, 3.8) is 0 Å². The van der Waals surface area contributed by atoms with E-state index in [-0.39, 0.29) is 12.3 Å². The van der Waals surface area contributed by atoms with Gasteiger partial charge < -0.3 is 10.8 Å². The third-order valence-electron chi connectivity index (χ3n) is 1.67. The molecule has 5 N–H and O–H groups in total. The lowest BCUT2D eigenvalue weighted by Crippen LogP contribution is -2.27. The highest BCUT2D eigenvalue weighted by molar-refractivity contribution is 9.10. The van der Waals surface area contributed by atoms with Crippen molar-refractivity contribution < 1.29 is 9.50 Å². The second kappa shape index (κ2) is 5.11. The summed E-state index contributed by atoms with van der Waals surface area (Å²) < 4.78 is 13.6. The monoisotopic (exact) mass is 275 g/mol. The van der Waals surface area contributed by atoms with Crippen molar-refractivity contribution in [3.8, 4) is 0 Å². The fourth-order valence-corrected chi connectivity index (χ4v) is 1.42.